The van der Waals surface area contributed by atoms with Gasteiger partial charge in [-0.2, -0.15) is 0 Å². The van der Waals surface area contributed by atoms with E-state index in [2.05, 4.69) is 5.32 Å². The summed E-state index contributed by atoms with van der Waals surface area (Å²) in [6.07, 6.45) is 1.01. The van der Waals surface area contributed by atoms with E-state index >= 15 is 0 Å². The number of hydrogen-bond acceptors (Lipinski definition) is 4. The van der Waals surface area contributed by atoms with Crippen molar-refractivity contribution < 1.29 is 24.6 Å². The van der Waals surface area contributed by atoms with Crippen LogP contribution >= 0.6 is 0 Å². The van der Waals surface area contributed by atoms with Gasteiger partial charge in [0, 0.05) is 46.1 Å². The highest BCUT2D eigenvalue weighted by Crippen LogP contribution is 2.18. The Hall–Kier alpha value is -1.83. The van der Waals surface area contributed by atoms with Crippen molar-refractivity contribution in [1.82, 2.24) is 15.1 Å². The van der Waals surface area contributed by atoms with E-state index in [4.69, 9.17) is 10.2 Å². The molecule has 1 aliphatic rings. The fourth-order valence-corrected chi connectivity index (χ4v) is 2.29. The predicted octanol–water partition coefficient (Wildman–Crippen LogP) is -0.668. The second-order valence-corrected chi connectivity index (χ2v) is 5.35. The first-order valence-corrected chi connectivity index (χ1v) is 6.97. The first-order chi connectivity index (χ1) is 9.86. The van der Waals surface area contributed by atoms with Crippen molar-refractivity contribution in [1.29, 1.82) is 0 Å². The lowest BCUT2D eigenvalue weighted by Gasteiger charge is -2.33. The maximum absolute atomic E-state index is 12.0. The standard InChI is InChI=1S/C13H23N3O5/c1-15(2)13(21)16-6-3-9(4-7-16)11(18)14-10(5-8-17)12(19)20/h9-10,17H,3-8H2,1-2H3,(H,14,18)(H,19,20). The lowest BCUT2D eigenvalue weighted by molar-refractivity contribution is -0.143. The molecule has 0 aromatic rings. The number of nitrogens with one attached hydrogen (secondary N) is 1. The summed E-state index contributed by atoms with van der Waals surface area (Å²) in [6.45, 7) is 0.659. The van der Waals surface area contributed by atoms with Crippen LogP contribution < -0.4 is 5.32 Å². The van der Waals surface area contributed by atoms with Gasteiger partial charge in [-0.05, 0) is 12.8 Å². The number of aliphatic hydroxyl groups excluding tert-OH is 1. The van der Waals surface area contributed by atoms with Gasteiger partial charge in [-0.15, -0.1) is 0 Å². The summed E-state index contributed by atoms with van der Waals surface area (Å²) in [5, 5.41) is 20.2. The molecule has 3 amide bonds. The average Bonchev–Trinajstić information content (AvgIpc) is 2.45. The number of aliphatic carboxylic acids is 1. The monoisotopic (exact) mass is 301 g/mol. The van der Waals surface area contributed by atoms with Gasteiger partial charge in [0.1, 0.15) is 6.04 Å². The summed E-state index contributed by atoms with van der Waals surface area (Å²) >= 11 is 0. The Balaban J connectivity index is 2.48. The van der Waals surface area contributed by atoms with E-state index in [1.165, 1.54) is 4.90 Å². The SMILES string of the molecule is CN(C)C(=O)N1CCC(C(=O)NC(CCO)C(=O)O)CC1. The molecule has 120 valence electrons. The number of urea groups is 1. The molecule has 1 heterocycles. The van der Waals surface area contributed by atoms with Gasteiger partial charge >= 0.3 is 12.0 Å². The molecule has 3 N–H and O–H groups in total. The summed E-state index contributed by atoms with van der Waals surface area (Å²) in [7, 11) is 3.35. The second kappa shape index (κ2) is 7.82. The first kappa shape index (κ1) is 17.2. The van der Waals surface area contributed by atoms with Gasteiger partial charge in [0.2, 0.25) is 5.91 Å². The molecule has 0 spiro atoms. The number of carbonyl (C=O) groups is 3. The number of amides is 3. The fraction of sp³-hybridized carbons (Fsp3) is 0.769. The van der Waals surface area contributed by atoms with Crippen molar-refractivity contribution in [2.24, 2.45) is 5.92 Å². The largest absolute Gasteiger partial charge is 0.480 e. The van der Waals surface area contributed by atoms with Gasteiger partial charge < -0.3 is 25.3 Å². The van der Waals surface area contributed by atoms with Crippen LogP contribution in [0.1, 0.15) is 19.3 Å². The summed E-state index contributed by atoms with van der Waals surface area (Å²) in [4.78, 5) is 37.9. The maximum atomic E-state index is 12.0. The molecule has 0 aliphatic carbocycles. The molecule has 1 fully saturated rings. The molecule has 0 aromatic heterocycles. The summed E-state index contributed by atoms with van der Waals surface area (Å²) in [5.74, 6) is -1.78. The minimum absolute atomic E-state index is 0.0148. The molecule has 1 aliphatic heterocycles. The molecular weight excluding hydrogens is 278 g/mol. The third kappa shape index (κ3) is 4.89. The highest BCUT2D eigenvalue weighted by atomic mass is 16.4. The van der Waals surface area contributed by atoms with Crippen molar-refractivity contribution in [3.8, 4) is 0 Å². The number of piperidine rings is 1. The zero-order valence-corrected chi connectivity index (χ0v) is 12.4. The third-order valence-corrected chi connectivity index (χ3v) is 3.55. The number of aliphatic hydroxyl groups is 1. The average molecular weight is 301 g/mol. The Bertz CT molecular complexity index is 391. The number of likely N-dealkylation sites (tertiary alicyclic amines) is 1. The van der Waals surface area contributed by atoms with Crippen LogP contribution in [-0.4, -0.2) is 77.8 Å². The van der Waals surface area contributed by atoms with Gasteiger partial charge in [-0.3, -0.25) is 4.79 Å². The molecule has 1 saturated heterocycles. The Labute approximate surface area is 123 Å². The minimum Gasteiger partial charge on any atom is -0.480 e. The zero-order chi connectivity index (χ0) is 16.0. The van der Waals surface area contributed by atoms with Crippen LogP contribution in [-0.2, 0) is 9.59 Å². The van der Waals surface area contributed by atoms with Crippen molar-refractivity contribution in [2.45, 2.75) is 25.3 Å². The highest BCUT2D eigenvalue weighted by Gasteiger charge is 2.30. The second-order valence-electron chi connectivity index (χ2n) is 5.35. The molecule has 1 rings (SSSR count). The van der Waals surface area contributed by atoms with E-state index < -0.39 is 12.0 Å². The third-order valence-electron chi connectivity index (χ3n) is 3.55. The summed E-state index contributed by atoms with van der Waals surface area (Å²) in [6, 6.07) is -1.15. The van der Waals surface area contributed by atoms with E-state index in [1.54, 1.807) is 19.0 Å². The van der Waals surface area contributed by atoms with Crippen LogP contribution in [0.25, 0.3) is 0 Å². The van der Waals surface area contributed by atoms with E-state index in [-0.39, 0.29) is 30.9 Å². The number of hydrogen-bond donors (Lipinski definition) is 3. The number of nitrogens with zero attached hydrogens (tertiary/aromatic N) is 2. The van der Waals surface area contributed by atoms with E-state index in [9.17, 15) is 14.4 Å². The molecule has 8 nitrogen and oxygen atoms in total. The van der Waals surface area contributed by atoms with E-state index in [1.807, 2.05) is 0 Å². The van der Waals surface area contributed by atoms with Crippen LogP contribution in [0, 0.1) is 5.92 Å². The number of carbonyl (C=O) groups excluding carboxylic acids is 2. The Morgan fingerprint density at radius 3 is 2.29 bits per heavy atom. The van der Waals surface area contributed by atoms with Crippen molar-refractivity contribution in [3.05, 3.63) is 0 Å². The number of rotatable bonds is 5. The van der Waals surface area contributed by atoms with Crippen LogP contribution in [0.2, 0.25) is 0 Å². The first-order valence-electron chi connectivity index (χ1n) is 6.97. The van der Waals surface area contributed by atoms with Gasteiger partial charge in [0.05, 0.1) is 0 Å². The Morgan fingerprint density at radius 2 is 1.86 bits per heavy atom. The molecule has 0 saturated carbocycles. The van der Waals surface area contributed by atoms with Crippen LogP contribution in [0.5, 0.6) is 0 Å². The molecule has 8 heteroatoms. The molecule has 1 unspecified atom stereocenters. The molecule has 0 radical (unpaired) electrons. The van der Waals surface area contributed by atoms with Gasteiger partial charge in [-0.1, -0.05) is 0 Å². The van der Waals surface area contributed by atoms with Crippen molar-refractivity contribution >= 4 is 17.9 Å². The van der Waals surface area contributed by atoms with Crippen molar-refractivity contribution in [3.63, 3.8) is 0 Å². The van der Waals surface area contributed by atoms with Crippen LogP contribution in [0.3, 0.4) is 0 Å². The molecule has 0 aromatic carbocycles. The minimum atomic E-state index is -1.15. The number of carboxylic acid groups (broad SMARTS) is 1. The van der Waals surface area contributed by atoms with Gasteiger partial charge in [-0.25, -0.2) is 9.59 Å². The highest BCUT2D eigenvalue weighted by molar-refractivity contribution is 5.85. The maximum Gasteiger partial charge on any atom is 0.326 e. The summed E-state index contributed by atoms with van der Waals surface area (Å²) < 4.78 is 0. The Morgan fingerprint density at radius 1 is 1.29 bits per heavy atom. The van der Waals surface area contributed by atoms with E-state index in [0.717, 1.165) is 0 Å². The predicted molar refractivity (Wildman–Crippen MR) is 74.6 cm³/mol. The lowest BCUT2D eigenvalue weighted by Crippen LogP contribution is -2.49. The summed E-state index contributed by atoms with van der Waals surface area (Å²) in [5.41, 5.74) is 0. The molecule has 1 atom stereocenters. The van der Waals surface area contributed by atoms with Crippen LogP contribution in [0.4, 0.5) is 4.79 Å². The topological polar surface area (TPSA) is 110 Å². The molecule has 21 heavy (non-hydrogen) atoms. The van der Waals surface area contributed by atoms with Gasteiger partial charge in [0.15, 0.2) is 0 Å². The van der Waals surface area contributed by atoms with Crippen LogP contribution in [0.15, 0.2) is 0 Å². The van der Waals surface area contributed by atoms with Crippen molar-refractivity contribution in [2.75, 3.05) is 33.8 Å². The van der Waals surface area contributed by atoms with E-state index in [0.29, 0.717) is 25.9 Å². The lowest BCUT2D eigenvalue weighted by atomic mass is 9.95. The fourth-order valence-electron chi connectivity index (χ4n) is 2.29. The molecular formula is C13H23N3O5. The normalized spacial score (nSPS) is 17.2. The zero-order valence-electron chi connectivity index (χ0n) is 12.4. The Kier molecular flexibility index (Phi) is 6.41. The number of carboxylic acids is 1. The molecule has 0 bridgehead atoms. The smallest absolute Gasteiger partial charge is 0.326 e. The van der Waals surface area contributed by atoms with Gasteiger partial charge in [0.25, 0.3) is 0 Å². The quantitative estimate of drug-likeness (QED) is 0.624.